The Hall–Kier alpha value is -4.08. The molecule has 0 saturated heterocycles. The van der Waals surface area contributed by atoms with Crippen molar-refractivity contribution >= 4 is 32.9 Å². The van der Waals surface area contributed by atoms with Gasteiger partial charge in [0, 0.05) is 11.4 Å². The summed E-state index contributed by atoms with van der Waals surface area (Å²) in [5.41, 5.74) is 10.5. The van der Waals surface area contributed by atoms with E-state index in [2.05, 4.69) is 20.4 Å². The van der Waals surface area contributed by atoms with Crippen molar-refractivity contribution in [1.29, 1.82) is 0 Å². The molecule has 0 fully saturated rings. The first-order chi connectivity index (χ1) is 12.4. The van der Waals surface area contributed by atoms with E-state index < -0.39 is 0 Å². The third-order valence-corrected chi connectivity index (χ3v) is 3.64. The molecule has 10 heteroatoms. The summed E-state index contributed by atoms with van der Waals surface area (Å²) in [6, 6.07) is 9.16. The predicted octanol–water partition coefficient (Wildman–Crippen LogP) is -0.403. The second-order valence-corrected chi connectivity index (χ2v) is 5.43. The maximum Gasteiger partial charge on any atom is 0.270 e. The van der Waals surface area contributed by atoms with Crippen molar-refractivity contribution in [1.82, 2.24) is 20.4 Å². The Morgan fingerprint density at radius 2 is 0.808 bits per heavy atom. The lowest BCUT2D eigenvalue weighted by Crippen LogP contribution is -2.18. The van der Waals surface area contributed by atoms with Gasteiger partial charge in [0.25, 0.3) is 22.2 Å². The molecule has 132 valence electrons. The number of rotatable bonds is 0. The number of anilines is 2. The van der Waals surface area contributed by atoms with Gasteiger partial charge >= 0.3 is 0 Å². The first kappa shape index (κ1) is 16.8. The lowest BCUT2D eigenvalue weighted by atomic mass is 10.2. The van der Waals surface area contributed by atoms with Gasteiger partial charge in [0.2, 0.25) is 0 Å². The summed E-state index contributed by atoms with van der Waals surface area (Å²) in [5.74, 6) is 0. The summed E-state index contributed by atoms with van der Waals surface area (Å²) in [7, 11) is 0. The van der Waals surface area contributed by atoms with Crippen molar-refractivity contribution in [3.63, 3.8) is 0 Å². The average molecular weight is 354 g/mol. The number of aromatic nitrogens is 4. The molecule has 26 heavy (non-hydrogen) atoms. The molecule has 4 aromatic rings. The Bertz CT molecular complexity index is 1240. The van der Waals surface area contributed by atoms with Crippen LogP contribution >= 0.6 is 0 Å². The molecule has 0 bridgehead atoms. The van der Waals surface area contributed by atoms with Crippen LogP contribution in [0.25, 0.3) is 21.5 Å². The van der Waals surface area contributed by atoms with Gasteiger partial charge in [-0.05, 0) is 36.4 Å². The van der Waals surface area contributed by atoms with Crippen LogP contribution in [0, 0.1) is 0 Å². The van der Waals surface area contributed by atoms with Gasteiger partial charge in [-0.3, -0.25) is 39.6 Å². The lowest BCUT2D eigenvalue weighted by Gasteiger charge is -1.96. The molecule has 0 radical (unpaired) electrons. The molecular weight excluding hydrogens is 340 g/mol. The van der Waals surface area contributed by atoms with Gasteiger partial charge in [0.15, 0.2) is 0 Å². The molecule has 2 heterocycles. The minimum atomic E-state index is -0.345. The molecule has 0 aliphatic rings. The highest BCUT2D eigenvalue weighted by molar-refractivity contribution is 5.84. The van der Waals surface area contributed by atoms with E-state index in [-0.39, 0.29) is 22.2 Å². The van der Waals surface area contributed by atoms with E-state index in [4.69, 9.17) is 11.5 Å². The second kappa shape index (κ2) is 6.43. The Labute approximate surface area is 143 Å². The standard InChI is InChI=1S/2C8H7N3O2/c2*9-4-1-2-5-6(3-4)8(13)11-10-7(5)12/h2*1-3H,9H2,(H,10,12)(H,11,13). The highest BCUT2D eigenvalue weighted by atomic mass is 16.2. The summed E-state index contributed by atoms with van der Waals surface area (Å²) in [4.78, 5) is 44.8. The molecule has 0 amide bonds. The van der Waals surface area contributed by atoms with Crippen molar-refractivity contribution in [3.8, 4) is 0 Å². The fraction of sp³-hybridized carbons (Fsp3) is 0. The number of nitrogens with two attached hydrogens (primary N) is 2. The first-order valence-corrected chi connectivity index (χ1v) is 7.37. The number of hydrogen-bond donors (Lipinski definition) is 6. The molecule has 4 rings (SSSR count). The topological polar surface area (TPSA) is 183 Å². The van der Waals surface area contributed by atoms with E-state index >= 15 is 0 Å². The van der Waals surface area contributed by atoms with Crippen molar-refractivity contribution < 1.29 is 0 Å². The van der Waals surface area contributed by atoms with E-state index in [9.17, 15) is 19.2 Å². The molecular formula is C16H14N6O4. The summed E-state index contributed by atoms with van der Waals surface area (Å²) >= 11 is 0. The molecule has 0 aliphatic carbocycles. The van der Waals surface area contributed by atoms with Crippen LogP contribution in [0.2, 0.25) is 0 Å². The Kier molecular flexibility index (Phi) is 4.15. The Morgan fingerprint density at radius 1 is 0.500 bits per heavy atom. The van der Waals surface area contributed by atoms with Crippen molar-refractivity contribution in [3.05, 3.63) is 77.8 Å². The van der Waals surface area contributed by atoms with E-state index in [1.807, 2.05) is 0 Å². The van der Waals surface area contributed by atoms with Gasteiger partial charge in [0.05, 0.1) is 21.5 Å². The van der Waals surface area contributed by atoms with Crippen LogP contribution in [0.1, 0.15) is 0 Å². The van der Waals surface area contributed by atoms with Crippen molar-refractivity contribution in [2.75, 3.05) is 11.5 Å². The third-order valence-electron chi connectivity index (χ3n) is 3.64. The number of H-pyrrole nitrogens is 4. The summed E-state index contributed by atoms with van der Waals surface area (Å²) in [6.07, 6.45) is 0. The molecule has 8 N–H and O–H groups in total. The number of nitrogens with one attached hydrogen (secondary N) is 4. The zero-order chi connectivity index (χ0) is 18.8. The van der Waals surface area contributed by atoms with E-state index in [1.165, 1.54) is 24.3 Å². The minimum absolute atomic E-state index is 0.309. The van der Waals surface area contributed by atoms with Gasteiger partial charge in [0.1, 0.15) is 0 Å². The maximum absolute atomic E-state index is 11.2. The molecule has 0 saturated carbocycles. The fourth-order valence-corrected chi connectivity index (χ4v) is 2.39. The Balaban J connectivity index is 0.000000151. The lowest BCUT2D eigenvalue weighted by molar-refractivity contribution is 0.977. The molecule has 0 spiro atoms. The van der Waals surface area contributed by atoms with Crippen molar-refractivity contribution in [2.45, 2.75) is 0 Å². The monoisotopic (exact) mass is 354 g/mol. The highest BCUT2D eigenvalue weighted by Crippen LogP contribution is 2.09. The van der Waals surface area contributed by atoms with Crippen molar-refractivity contribution in [2.24, 2.45) is 0 Å². The minimum Gasteiger partial charge on any atom is -0.399 e. The van der Waals surface area contributed by atoms with Gasteiger partial charge in [-0.2, -0.15) is 0 Å². The first-order valence-electron chi connectivity index (χ1n) is 7.37. The molecule has 2 aromatic carbocycles. The van der Waals surface area contributed by atoms with Gasteiger partial charge in [-0.25, -0.2) is 0 Å². The zero-order valence-corrected chi connectivity index (χ0v) is 13.3. The molecule has 0 atom stereocenters. The van der Waals surface area contributed by atoms with Crippen LogP contribution < -0.4 is 33.7 Å². The SMILES string of the molecule is Nc1ccc2c(=O)[nH][nH]c(=O)c2c1.Nc1ccc2c(=O)[nH][nH]c(=O)c2c1. The summed E-state index contributed by atoms with van der Waals surface area (Å²) in [6.45, 7) is 0. The largest absolute Gasteiger partial charge is 0.399 e. The number of aromatic amines is 4. The number of benzene rings is 2. The molecule has 0 aliphatic heterocycles. The van der Waals surface area contributed by atoms with Gasteiger partial charge in [-0.15, -0.1) is 0 Å². The third kappa shape index (κ3) is 3.11. The highest BCUT2D eigenvalue weighted by Gasteiger charge is 2.02. The Morgan fingerprint density at radius 3 is 1.15 bits per heavy atom. The maximum atomic E-state index is 11.2. The van der Waals surface area contributed by atoms with E-state index in [1.54, 1.807) is 12.1 Å². The number of nitrogen functional groups attached to an aromatic ring is 2. The second-order valence-electron chi connectivity index (χ2n) is 5.43. The molecule has 2 aromatic heterocycles. The van der Waals surface area contributed by atoms with Crippen LogP contribution in [0.3, 0.4) is 0 Å². The van der Waals surface area contributed by atoms with Crippen LogP contribution in [0.15, 0.2) is 55.6 Å². The van der Waals surface area contributed by atoms with E-state index in [0.717, 1.165) is 0 Å². The molecule has 0 unspecified atom stereocenters. The van der Waals surface area contributed by atoms with Gasteiger partial charge in [-0.1, -0.05) is 0 Å². The van der Waals surface area contributed by atoms with Crippen LogP contribution in [0.4, 0.5) is 11.4 Å². The van der Waals surface area contributed by atoms with Crippen LogP contribution in [0.5, 0.6) is 0 Å². The number of fused-ring (bicyclic) bond motifs is 2. The fourth-order valence-electron chi connectivity index (χ4n) is 2.39. The zero-order valence-electron chi connectivity index (χ0n) is 13.3. The van der Waals surface area contributed by atoms with Crippen LogP contribution in [-0.2, 0) is 0 Å². The van der Waals surface area contributed by atoms with E-state index in [0.29, 0.717) is 32.9 Å². The normalized spacial score (nSPS) is 10.5. The molecule has 10 nitrogen and oxygen atoms in total. The average Bonchev–Trinajstić information content (AvgIpc) is 2.62. The predicted molar refractivity (Wildman–Crippen MR) is 99.2 cm³/mol. The number of hydrogen-bond acceptors (Lipinski definition) is 6. The summed E-state index contributed by atoms with van der Waals surface area (Å²) in [5, 5.41) is 10.2. The quantitative estimate of drug-likeness (QED) is 0.233. The van der Waals surface area contributed by atoms with Crippen LogP contribution in [-0.4, -0.2) is 20.4 Å². The van der Waals surface area contributed by atoms with Gasteiger partial charge < -0.3 is 11.5 Å². The summed E-state index contributed by atoms with van der Waals surface area (Å²) < 4.78 is 0. The smallest absolute Gasteiger partial charge is 0.270 e.